The average Bonchev–Trinajstić information content (AvgIpc) is 2.59. The SMILES string of the molecule is COCCC(C)C(N)c1sccc1Br. The van der Waals surface area contributed by atoms with Crippen molar-refractivity contribution in [2.45, 2.75) is 19.4 Å². The molecule has 0 saturated carbocycles. The van der Waals surface area contributed by atoms with Gasteiger partial charge in [-0.3, -0.25) is 0 Å². The first kappa shape index (κ1) is 12.2. The lowest BCUT2D eigenvalue weighted by atomic mass is 9.98. The Hall–Kier alpha value is 0.100. The van der Waals surface area contributed by atoms with Crippen molar-refractivity contribution in [2.75, 3.05) is 13.7 Å². The molecule has 0 fully saturated rings. The maximum Gasteiger partial charge on any atom is 0.0465 e. The van der Waals surface area contributed by atoms with Gasteiger partial charge in [0, 0.05) is 29.1 Å². The first-order valence-electron chi connectivity index (χ1n) is 4.64. The number of ether oxygens (including phenoxy) is 1. The van der Waals surface area contributed by atoms with E-state index in [0.717, 1.165) is 17.5 Å². The molecule has 0 aliphatic carbocycles. The van der Waals surface area contributed by atoms with Crippen molar-refractivity contribution in [3.05, 3.63) is 20.8 Å². The summed E-state index contributed by atoms with van der Waals surface area (Å²) >= 11 is 5.21. The van der Waals surface area contributed by atoms with E-state index < -0.39 is 0 Å². The Bertz CT molecular complexity index is 277. The molecule has 0 radical (unpaired) electrons. The van der Waals surface area contributed by atoms with Gasteiger partial charge >= 0.3 is 0 Å². The lowest BCUT2D eigenvalue weighted by Crippen LogP contribution is -2.19. The van der Waals surface area contributed by atoms with Gasteiger partial charge < -0.3 is 10.5 Å². The van der Waals surface area contributed by atoms with Gasteiger partial charge in [-0.2, -0.15) is 0 Å². The zero-order chi connectivity index (χ0) is 10.6. The highest BCUT2D eigenvalue weighted by molar-refractivity contribution is 9.10. The standard InChI is InChI=1S/C10H16BrNOS/c1-7(3-5-13-2)9(12)10-8(11)4-6-14-10/h4,6-7,9H,3,5,12H2,1-2H3. The molecular weight excluding hydrogens is 262 g/mol. The number of hydrogen-bond acceptors (Lipinski definition) is 3. The number of thiophene rings is 1. The highest BCUT2D eigenvalue weighted by atomic mass is 79.9. The third-order valence-electron chi connectivity index (χ3n) is 2.34. The van der Waals surface area contributed by atoms with E-state index in [4.69, 9.17) is 10.5 Å². The van der Waals surface area contributed by atoms with Crippen LogP contribution >= 0.6 is 27.3 Å². The molecule has 0 aromatic carbocycles. The van der Waals surface area contributed by atoms with Crippen LogP contribution in [-0.2, 0) is 4.74 Å². The summed E-state index contributed by atoms with van der Waals surface area (Å²) in [6.45, 7) is 2.94. The quantitative estimate of drug-likeness (QED) is 0.897. The maximum atomic E-state index is 6.15. The van der Waals surface area contributed by atoms with Crippen LogP contribution in [0.2, 0.25) is 0 Å². The Labute approximate surface area is 97.6 Å². The molecule has 0 aliphatic rings. The van der Waals surface area contributed by atoms with E-state index in [1.54, 1.807) is 18.4 Å². The van der Waals surface area contributed by atoms with Gasteiger partial charge in [0.2, 0.25) is 0 Å². The maximum absolute atomic E-state index is 6.15. The van der Waals surface area contributed by atoms with Crippen LogP contribution in [0.1, 0.15) is 24.3 Å². The van der Waals surface area contributed by atoms with Crippen molar-refractivity contribution >= 4 is 27.3 Å². The topological polar surface area (TPSA) is 35.2 Å². The molecule has 0 bridgehead atoms. The zero-order valence-corrected chi connectivity index (χ0v) is 10.9. The van der Waals surface area contributed by atoms with E-state index in [-0.39, 0.29) is 6.04 Å². The van der Waals surface area contributed by atoms with Gasteiger partial charge in [0.25, 0.3) is 0 Å². The summed E-state index contributed by atoms with van der Waals surface area (Å²) in [7, 11) is 1.72. The second kappa shape index (κ2) is 5.85. The summed E-state index contributed by atoms with van der Waals surface area (Å²) in [6, 6.07) is 2.16. The highest BCUT2D eigenvalue weighted by Gasteiger charge is 2.17. The Morgan fingerprint density at radius 2 is 2.36 bits per heavy atom. The first-order chi connectivity index (χ1) is 6.66. The van der Waals surface area contributed by atoms with Crippen molar-refractivity contribution in [1.82, 2.24) is 0 Å². The molecule has 2 N–H and O–H groups in total. The normalized spacial score (nSPS) is 15.4. The van der Waals surface area contributed by atoms with Gasteiger partial charge in [-0.05, 0) is 39.7 Å². The monoisotopic (exact) mass is 277 g/mol. The number of halogens is 1. The fourth-order valence-corrected chi connectivity index (χ4v) is 3.06. The summed E-state index contributed by atoms with van der Waals surface area (Å²) in [4.78, 5) is 1.23. The second-order valence-electron chi connectivity index (χ2n) is 3.42. The van der Waals surface area contributed by atoms with Gasteiger partial charge in [0.15, 0.2) is 0 Å². The van der Waals surface area contributed by atoms with Crippen molar-refractivity contribution in [3.63, 3.8) is 0 Å². The molecule has 0 amide bonds. The molecule has 0 saturated heterocycles. The zero-order valence-electron chi connectivity index (χ0n) is 8.50. The molecule has 14 heavy (non-hydrogen) atoms. The van der Waals surface area contributed by atoms with Crippen LogP contribution in [0.4, 0.5) is 0 Å². The van der Waals surface area contributed by atoms with Gasteiger partial charge in [0.1, 0.15) is 0 Å². The third kappa shape index (κ3) is 3.05. The van der Waals surface area contributed by atoms with Gasteiger partial charge in [-0.25, -0.2) is 0 Å². The molecule has 2 unspecified atom stereocenters. The second-order valence-corrected chi connectivity index (χ2v) is 5.22. The number of methoxy groups -OCH3 is 1. The predicted octanol–water partition coefficient (Wildman–Crippen LogP) is 3.18. The molecule has 1 aromatic rings. The molecule has 0 spiro atoms. The molecule has 1 heterocycles. The number of hydrogen-bond donors (Lipinski definition) is 1. The van der Waals surface area contributed by atoms with Crippen LogP contribution in [-0.4, -0.2) is 13.7 Å². The van der Waals surface area contributed by atoms with Crippen molar-refractivity contribution in [2.24, 2.45) is 11.7 Å². The Morgan fingerprint density at radius 3 is 2.86 bits per heavy atom. The lowest BCUT2D eigenvalue weighted by Gasteiger charge is -2.18. The van der Waals surface area contributed by atoms with Crippen LogP contribution in [0.3, 0.4) is 0 Å². The molecule has 2 nitrogen and oxygen atoms in total. The fraction of sp³-hybridized carbons (Fsp3) is 0.600. The molecular formula is C10H16BrNOS. The minimum Gasteiger partial charge on any atom is -0.385 e. The Balaban J connectivity index is 2.56. The minimum atomic E-state index is 0.111. The van der Waals surface area contributed by atoms with E-state index in [1.165, 1.54) is 4.88 Å². The first-order valence-corrected chi connectivity index (χ1v) is 6.31. The van der Waals surface area contributed by atoms with Gasteiger partial charge in [-0.15, -0.1) is 11.3 Å². The van der Waals surface area contributed by atoms with Crippen molar-refractivity contribution in [1.29, 1.82) is 0 Å². The number of nitrogens with two attached hydrogens (primary N) is 1. The summed E-state index contributed by atoms with van der Waals surface area (Å²) in [5, 5.41) is 2.06. The molecule has 0 aliphatic heterocycles. The summed E-state index contributed by atoms with van der Waals surface area (Å²) in [5.41, 5.74) is 6.15. The van der Waals surface area contributed by atoms with Crippen LogP contribution < -0.4 is 5.73 Å². The van der Waals surface area contributed by atoms with Crippen LogP contribution in [0, 0.1) is 5.92 Å². The van der Waals surface area contributed by atoms with E-state index in [1.807, 2.05) is 6.07 Å². The smallest absolute Gasteiger partial charge is 0.0465 e. The Kier molecular flexibility index (Phi) is 5.09. The molecule has 4 heteroatoms. The highest BCUT2D eigenvalue weighted by Crippen LogP contribution is 2.32. The van der Waals surface area contributed by atoms with Gasteiger partial charge in [0.05, 0.1) is 0 Å². The van der Waals surface area contributed by atoms with E-state index in [0.29, 0.717) is 5.92 Å². The molecule has 80 valence electrons. The summed E-state index contributed by atoms with van der Waals surface area (Å²) in [5.74, 6) is 0.449. The van der Waals surface area contributed by atoms with Crippen LogP contribution in [0.5, 0.6) is 0 Å². The van der Waals surface area contributed by atoms with Crippen molar-refractivity contribution < 1.29 is 4.74 Å². The minimum absolute atomic E-state index is 0.111. The lowest BCUT2D eigenvalue weighted by molar-refractivity contribution is 0.175. The number of rotatable bonds is 5. The van der Waals surface area contributed by atoms with Crippen LogP contribution in [0.25, 0.3) is 0 Å². The predicted molar refractivity (Wildman–Crippen MR) is 64.6 cm³/mol. The van der Waals surface area contributed by atoms with Crippen LogP contribution in [0.15, 0.2) is 15.9 Å². The van der Waals surface area contributed by atoms with Crippen molar-refractivity contribution in [3.8, 4) is 0 Å². The van der Waals surface area contributed by atoms with Gasteiger partial charge in [-0.1, -0.05) is 6.92 Å². The van der Waals surface area contributed by atoms with E-state index in [9.17, 15) is 0 Å². The largest absolute Gasteiger partial charge is 0.385 e. The summed E-state index contributed by atoms with van der Waals surface area (Å²) < 4.78 is 6.17. The Morgan fingerprint density at radius 1 is 1.64 bits per heavy atom. The average molecular weight is 278 g/mol. The summed E-state index contributed by atoms with van der Waals surface area (Å²) in [6.07, 6.45) is 1.00. The van der Waals surface area contributed by atoms with E-state index >= 15 is 0 Å². The molecule has 1 aromatic heterocycles. The molecule has 2 atom stereocenters. The van der Waals surface area contributed by atoms with E-state index in [2.05, 4.69) is 28.2 Å². The molecule has 1 rings (SSSR count). The third-order valence-corrected chi connectivity index (χ3v) is 4.31. The fourth-order valence-electron chi connectivity index (χ4n) is 1.28.